The molecule has 1 aliphatic heterocycles. The number of nitrogens with zero attached hydrogens (tertiary/aromatic N) is 4. The van der Waals surface area contributed by atoms with Gasteiger partial charge in [0.2, 0.25) is 5.91 Å². The lowest BCUT2D eigenvalue weighted by Gasteiger charge is -2.11. The summed E-state index contributed by atoms with van der Waals surface area (Å²) in [5, 5.41) is 7.23. The standard InChI is InChI=1S/C21H25N5O6S/c1-31-17-4-3-14(9-18(17)32-2)5-7-22-19(27)11-25-13-23-20-16(21(25)28)10-24-26(20)15-6-8-33(29,30)12-15/h3-4,9-10,13,15H,5-8,11-12H2,1-2H3,(H,22,27)/t15-/m1/s1. The van der Waals surface area contributed by atoms with Gasteiger partial charge in [-0.15, -0.1) is 0 Å². The van der Waals surface area contributed by atoms with Gasteiger partial charge < -0.3 is 14.8 Å². The van der Waals surface area contributed by atoms with E-state index in [1.165, 1.54) is 21.8 Å². The lowest BCUT2D eigenvalue weighted by molar-refractivity contribution is -0.121. The second kappa shape index (κ2) is 9.22. The van der Waals surface area contributed by atoms with E-state index in [1.54, 1.807) is 20.3 Å². The number of nitrogens with one attached hydrogen (secondary N) is 1. The minimum Gasteiger partial charge on any atom is -0.493 e. The molecule has 1 amide bonds. The third kappa shape index (κ3) is 4.85. The zero-order valence-corrected chi connectivity index (χ0v) is 19.2. The predicted octanol–water partition coefficient (Wildman–Crippen LogP) is 0.329. The molecule has 0 spiro atoms. The maximum Gasteiger partial charge on any atom is 0.264 e. The van der Waals surface area contributed by atoms with E-state index in [0.29, 0.717) is 36.5 Å². The zero-order valence-electron chi connectivity index (χ0n) is 18.4. The van der Waals surface area contributed by atoms with E-state index < -0.39 is 15.4 Å². The third-order valence-electron chi connectivity index (χ3n) is 5.63. The van der Waals surface area contributed by atoms with E-state index in [-0.39, 0.29) is 35.4 Å². The first-order valence-corrected chi connectivity index (χ1v) is 12.2. The number of ether oxygens (including phenoxy) is 2. The number of rotatable bonds is 8. The number of carbonyl (C=O) groups excluding carboxylic acids is 1. The molecule has 1 aliphatic rings. The molecule has 176 valence electrons. The van der Waals surface area contributed by atoms with Crippen LogP contribution in [0.1, 0.15) is 18.0 Å². The lowest BCUT2D eigenvalue weighted by Crippen LogP contribution is -2.33. The number of hydrogen-bond acceptors (Lipinski definition) is 8. The summed E-state index contributed by atoms with van der Waals surface area (Å²) in [6.07, 6.45) is 3.68. The van der Waals surface area contributed by atoms with E-state index in [4.69, 9.17) is 9.47 Å². The van der Waals surface area contributed by atoms with Gasteiger partial charge in [-0.2, -0.15) is 5.10 Å². The normalized spacial score (nSPS) is 17.2. The Morgan fingerprint density at radius 1 is 1.24 bits per heavy atom. The quantitative estimate of drug-likeness (QED) is 0.493. The Hall–Kier alpha value is -3.41. The first kappa shape index (κ1) is 22.8. The van der Waals surface area contributed by atoms with Crippen molar-refractivity contribution in [1.82, 2.24) is 24.6 Å². The van der Waals surface area contributed by atoms with Crippen LogP contribution in [-0.4, -0.2) is 65.9 Å². The average molecular weight is 476 g/mol. The van der Waals surface area contributed by atoms with Crippen LogP contribution in [0.5, 0.6) is 11.5 Å². The molecule has 11 nitrogen and oxygen atoms in total. The highest BCUT2D eigenvalue weighted by atomic mass is 32.2. The fourth-order valence-electron chi connectivity index (χ4n) is 3.91. The van der Waals surface area contributed by atoms with Crippen LogP contribution in [0.3, 0.4) is 0 Å². The molecule has 2 aromatic heterocycles. The largest absolute Gasteiger partial charge is 0.493 e. The molecule has 1 atom stereocenters. The summed E-state index contributed by atoms with van der Waals surface area (Å²) in [4.78, 5) is 29.4. The van der Waals surface area contributed by atoms with Gasteiger partial charge >= 0.3 is 0 Å². The van der Waals surface area contributed by atoms with Crippen molar-refractivity contribution < 1.29 is 22.7 Å². The number of fused-ring (bicyclic) bond motifs is 1. The van der Waals surface area contributed by atoms with Crippen LogP contribution in [0.4, 0.5) is 0 Å². The molecule has 0 bridgehead atoms. The molecular formula is C21H25N5O6S. The van der Waals surface area contributed by atoms with Gasteiger partial charge in [-0.3, -0.25) is 14.2 Å². The van der Waals surface area contributed by atoms with E-state index >= 15 is 0 Å². The van der Waals surface area contributed by atoms with Gasteiger partial charge in [0.05, 0.1) is 38.0 Å². The number of carbonyl (C=O) groups is 1. The van der Waals surface area contributed by atoms with Crippen molar-refractivity contribution in [1.29, 1.82) is 0 Å². The molecule has 0 radical (unpaired) electrons. The Labute approximate surface area is 190 Å². The summed E-state index contributed by atoms with van der Waals surface area (Å²) in [5.41, 5.74) is 0.893. The highest BCUT2D eigenvalue weighted by Gasteiger charge is 2.31. The summed E-state index contributed by atoms with van der Waals surface area (Å²) in [6, 6.07) is 5.21. The van der Waals surface area contributed by atoms with Crippen molar-refractivity contribution in [2.45, 2.75) is 25.4 Å². The molecule has 0 aliphatic carbocycles. The molecule has 0 saturated carbocycles. The topological polar surface area (TPSA) is 134 Å². The minimum absolute atomic E-state index is 0.0168. The maximum absolute atomic E-state index is 12.8. The molecule has 1 aromatic carbocycles. The number of sulfone groups is 1. The summed E-state index contributed by atoms with van der Waals surface area (Å²) >= 11 is 0. The van der Waals surface area contributed by atoms with Gasteiger partial charge in [0.25, 0.3) is 5.56 Å². The number of aromatic nitrogens is 4. The summed E-state index contributed by atoms with van der Waals surface area (Å²) in [5.74, 6) is 0.998. The molecule has 3 heterocycles. The number of methoxy groups -OCH3 is 2. The summed E-state index contributed by atoms with van der Waals surface area (Å²) in [7, 11) is 0.0274. The Morgan fingerprint density at radius 2 is 2.03 bits per heavy atom. The van der Waals surface area contributed by atoms with Gasteiger partial charge in [-0.05, 0) is 30.5 Å². The number of benzene rings is 1. The van der Waals surface area contributed by atoms with Gasteiger partial charge in [0.1, 0.15) is 18.3 Å². The second-order valence-corrected chi connectivity index (χ2v) is 10.1. The third-order valence-corrected chi connectivity index (χ3v) is 7.38. The van der Waals surface area contributed by atoms with Crippen LogP contribution < -0.4 is 20.3 Å². The molecule has 4 rings (SSSR count). The molecular weight excluding hydrogens is 450 g/mol. The smallest absolute Gasteiger partial charge is 0.264 e. The molecule has 12 heteroatoms. The fraction of sp³-hybridized carbons (Fsp3) is 0.429. The highest BCUT2D eigenvalue weighted by molar-refractivity contribution is 7.91. The molecule has 0 unspecified atom stereocenters. The van der Waals surface area contributed by atoms with E-state index in [2.05, 4.69) is 15.4 Å². The molecule has 1 N–H and O–H groups in total. The monoisotopic (exact) mass is 475 g/mol. The predicted molar refractivity (Wildman–Crippen MR) is 120 cm³/mol. The van der Waals surface area contributed by atoms with Crippen LogP contribution >= 0.6 is 0 Å². The summed E-state index contributed by atoms with van der Waals surface area (Å²) < 4.78 is 36.7. The van der Waals surface area contributed by atoms with Gasteiger partial charge in [0, 0.05) is 6.54 Å². The van der Waals surface area contributed by atoms with Crippen LogP contribution in [0.25, 0.3) is 11.0 Å². The van der Waals surface area contributed by atoms with Crippen LogP contribution in [0, 0.1) is 0 Å². The molecule has 1 fully saturated rings. The van der Waals surface area contributed by atoms with E-state index in [1.807, 2.05) is 12.1 Å². The van der Waals surface area contributed by atoms with E-state index in [9.17, 15) is 18.0 Å². The highest BCUT2D eigenvalue weighted by Crippen LogP contribution is 2.27. The summed E-state index contributed by atoms with van der Waals surface area (Å²) in [6.45, 7) is 0.198. The Balaban J connectivity index is 1.39. The van der Waals surface area contributed by atoms with Crippen LogP contribution in [-0.2, 0) is 27.6 Å². The van der Waals surface area contributed by atoms with Crippen molar-refractivity contribution >= 4 is 26.8 Å². The molecule has 3 aromatic rings. The van der Waals surface area contributed by atoms with Crippen molar-refractivity contribution in [3.63, 3.8) is 0 Å². The molecule has 1 saturated heterocycles. The first-order chi connectivity index (χ1) is 15.8. The van der Waals surface area contributed by atoms with Crippen molar-refractivity contribution in [3.05, 3.63) is 46.6 Å². The Kier molecular flexibility index (Phi) is 6.36. The zero-order chi connectivity index (χ0) is 23.6. The van der Waals surface area contributed by atoms with Gasteiger partial charge in [0.15, 0.2) is 27.0 Å². The Bertz CT molecular complexity index is 1350. The maximum atomic E-state index is 12.8. The van der Waals surface area contributed by atoms with Crippen LogP contribution in [0.2, 0.25) is 0 Å². The van der Waals surface area contributed by atoms with Crippen molar-refractivity contribution in [2.24, 2.45) is 0 Å². The van der Waals surface area contributed by atoms with Crippen LogP contribution in [0.15, 0.2) is 35.5 Å². The second-order valence-electron chi connectivity index (χ2n) is 7.85. The minimum atomic E-state index is -3.10. The fourth-order valence-corrected chi connectivity index (χ4v) is 5.60. The van der Waals surface area contributed by atoms with Gasteiger partial charge in [-0.25, -0.2) is 18.1 Å². The van der Waals surface area contributed by atoms with Crippen molar-refractivity contribution in [2.75, 3.05) is 32.3 Å². The van der Waals surface area contributed by atoms with Gasteiger partial charge in [-0.1, -0.05) is 6.07 Å². The van der Waals surface area contributed by atoms with E-state index in [0.717, 1.165) is 5.56 Å². The SMILES string of the molecule is COc1ccc(CCNC(=O)Cn2cnc3c(cnn3[C@@H]3CCS(=O)(=O)C3)c2=O)cc1OC. The number of hydrogen-bond donors (Lipinski definition) is 1. The Morgan fingerprint density at radius 3 is 2.73 bits per heavy atom. The average Bonchev–Trinajstić information content (AvgIpc) is 3.38. The first-order valence-electron chi connectivity index (χ1n) is 10.4. The lowest BCUT2D eigenvalue weighted by atomic mass is 10.1. The number of amides is 1. The molecule has 33 heavy (non-hydrogen) atoms. The van der Waals surface area contributed by atoms with Crippen molar-refractivity contribution in [3.8, 4) is 11.5 Å².